The average Bonchev–Trinajstić information content (AvgIpc) is 2.34. The van der Waals surface area contributed by atoms with Gasteiger partial charge in [-0.25, -0.2) is 0 Å². The molecule has 1 nitrogen and oxygen atoms in total. The van der Waals surface area contributed by atoms with Crippen molar-refractivity contribution in [3.05, 3.63) is 67.6 Å². The summed E-state index contributed by atoms with van der Waals surface area (Å²) in [6.07, 6.45) is 0. The van der Waals surface area contributed by atoms with Crippen molar-refractivity contribution in [3.63, 3.8) is 0 Å². The molecule has 0 radical (unpaired) electrons. The average molecular weight is 335 g/mol. The molecular weight excluding hydrogens is 324 g/mol. The van der Waals surface area contributed by atoms with Crippen molar-refractivity contribution in [3.8, 4) is 0 Å². The van der Waals surface area contributed by atoms with E-state index in [0.717, 1.165) is 11.1 Å². The summed E-state index contributed by atoms with van der Waals surface area (Å²) in [6, 6.07) is 10.9. The second-order valence-electron chi connectivity index (χ2n) is 4.08. The summed E-state index contributed by atoms with van der Waals surface area (Å²) in [5.41, 5.74) is 1.99. The highest BCUT2D eigenvalue weighted by molar-refractivity contribution is 6.35. The van der Waals surface area contributed by atoms with Gasteiger partial charge in [0.2, 0.25) is 0 Å². The Morgan fingerprint density at radius 1 is 0.684 bits per heavy atom. The van der Waals surface area contributed by atoms with Gasteiger partial charge < -0.3 is 5.32 Å². The molecule has 0 aliphatic carbocycles. The minimum atomic E-state index is 0.634. The van der Waals surface area contributed by atoms with E-state index in [-0.39, 0.29) is 0 Å². The molecule has 0 aliphatic heterocycles. The van der Waals surface area contributed by atoms with Crippen molar-refractivity contribution in [2.24, 2.45) is 0 Å². The largest absolute Gasteiger partial charge is 0.309 e. The molecule has 0 atom stereocenters. The lowest BCUT2D eigenvalue weighted by Gasteiger charge is -2.08. The molecule has 2 rings (SSSR count). The Bertz CT molecular complexity index is 532. The summed E-state index contributed by atoms with van der Waals surface area (Å²) < 4.78 is 0. The normalized spacial score (nSPS) is 10.7. The van der Waals surface area contributed by atoms with E-state index in [1.165, 1.54) is 0 Å². The summed E-state index contributed by atoms with van der Waals surface area (Å²) in [6.45, 7) is 1.30. The first-order valence-electron chi connectivity index (χ1n) is 5.65. The number of hydrogen-bond donors (Lipinski definition) is 1. The number of rotatable bonds is 4. The Labute approximate surface area is 132 Å². The SMILES string of the molecule is Clc1ccc(CNCc2ccc(Cl)cc2Cl)c(Cl)c1. The van der Waals surface area contributed by atoms with Gasteiger partial charge in [0.1, 0.15) is 0 Å². The van der Waals surface area contributed by atoms with E-state index in [4.69, 9.17) is 46.4 Å². The van der Waals surface area contributed by atoms with Gasteiger partial charge in [-0.1, -0.05) is 58.5 Å². The van der Waals surface area contributed by atoms with Crippen LogP contribution in [0.25, 0.3) is 0 Å². The third kappa shape index (κ3) is 4.27. The fourth-order valence-electron chi connectivity index (χ4n) is 1.66. The van der Waals surface area contributed by atoms with Crippen LogP contribution in [0.3, 0.4) is 0 Å². The van der Waals surface area contributed by atoms with Crippen LogP contribution in [0.4, 0.5) is 0 Å². The van der Waals surface area contributed by atoms with Gasteiger partial charge in [0.05, 0.1) is 0 Å². The third-order valence-corrected chi connectivity index (χ3v) is 3.84. The van der Waals surface area contributed by atoms with E-state index in [0.29, 0.717) is 33.2 Å². The Morgan fingerprint density at radius 3 is 1.47 bits per heavy atom. The highest BCUT2D eigenvalue weighted by Gasteiger charge is 2.03. The van der Waals surface area contributed by atoms with Crippen LogP contribution in [-0.2, 0) is 13.1 Å². The van der Waals surface area contributed by atoms with E-state index in [1.807, 2.05) is 24.3 Å². The lowest BCUT2D eigenvalue weighted by atomic mass is 10.2. The lowest BCUT2D eigenvalue weighted by Crippen LogP contribution is -2.13. The van der Waals surface area contributed by atoms with Gasteiger partial charge in [0.15, 0.2) is 0 Å². The van der Waals surface area contributed by atoms with E-state index < -0.39 is 0 Å². The molecule has 100 valence electrons. The molecule has 0 aromatic heterocycles. The van der Waals surface area contributed by atoms with Gasteiger partial charge in [0, 0.05) is 33.2 Å². The maximum atomic E-state index is 6.10. The molecular formula is C14H11Cl4N. The molecule has 5 heteroatoms. The van der Waals surface area contributed by atoms with Crippen molar-refractivity contribution in [2.75, 3.05) is 0 Å². The molecule has 19 heavy (non-hydrogen) atoms. The number of halogens is 4. The molecule has 2 aromatic rings. The van der Waals surface area contributed by atoms with E-state index in [1.54, 1.807) is 12.1 Å². The van der Waals surface area contributed by atoms with Gasteiger partial charge in [-0.05, 0) is 35.4 Å². The van der Waals surface area contributed by atoms with Crippen LogP contribution < -0.4 is 5.32 Å². The molecule has 0 saturated heterocycles. The topological polar surface area (TPSA) is 12.0 Å². The highest BCUT2D eigenvalue weighted by atomic mass is 35.5. The number of benzene rings is 2. The molecule has 0 saturated carbocycles. The van der Waals surface area contributed by atoms with Crippen molar-refractivity contribution in [2.45, 2.75) is 13.1 Å². The zero-order valence-corrected chi connectivity index (χ0v) is 12.9. The monoisotopic (exact) mass is 333 g/mol. The predicted molar refractivity (Wildman–Crippen MR) is 83.5 cm³/mol. The predicted octanol–water partition coefficient (Wildman–Crippen LogP) is 5.59. The van der Waals surface area contributed by atoms with E-state index in [9.17, 15) is 0 Å². The minimum absolute atomic E-state index is 0.634. The van der Waals surface area contributed by atoms with Crippen LogP contribution in [0, 0.1) is 0 Å². The Hall–Kier alpha value is -0.440. The summed E-state index contributed by atoms with van der Waals surface area (Å²) in [5.74, 6) is 0. The van der Waals surface area contributed by atoms with Crippen LogP contribution in [0.1, 0.15) is 11.1 Å². The van der Waals surface area contributed by atoms with Crippen LogP contribution >= 0.6 is 46.4 Å². The lowest BCUT2D eigenvalue weighted by molar-refractivity contribution is 0.694. The molecule has 0 bridgehead atoms. The maximum Gasteiger partial charge on any atom is 0.0465 e. The Kier molecular flexibility index (Phi) is 5.37. The summed E-state index contributed by atoms with van der Waals surface area (Å²) in [5, 5.41) is 5.86. The molecule has 0 amide bonds. The Balaban J connectivity index is 1.96. The van der Waals surface area contributed by atoms with E-state index >= 15 is 0 Å². The fourth-order valence-corrected chi connectivity index (χ4v) is 2.61. The zero-order chi connectivity index (χ0) is 13.8. The molecule has 0 unspecified atom stereocenters. The van der Waals surface area contributed by atoms with Gasteiger partial charge in [-0.15, -0.1) is 0 Å². The van der Waals surface area contributed by atoms with Crippen molar-refractivity contribution in [1.29, 1.82) is 0 Å². The highest BCUT2D eigenvalue weighted by Crippen LogP contribution is 2.22. The molecule has 0 fully saturated rings. The van der Waals surface area contributed by atoms with E-state index in [2.05, 4.69) is 5.32 Å². The Morgan fingerprint density at radius 2 is 1.11 bits per heavy atom. The second-order valence-corrected chi connectivity index (χ2v) is 5.76. The van der Waals surface area contributed by atoms with Crippen molar-refractivity contribution >= 4 is 46.4 Å². The first-order chi connectivity index (χ1) is 9.06. The fraction of sp³-hybridized carbons (Fsp3) is 0.143. The van der Waals surface area contributed by atoms with Gasteiger partial charge in [0.25, 0.3) is 0 Å². The van der Waals surface area contributed by atoms with Crippen LogP contribution in [0.5, 0.6) is 0 Å². The third-order valence-electron chi connectivity index (χ3n) is 2.66. The van der Waals surface area contributed by atoms with Crippen molar-refractivity contribution < 1.29 is 0 Å². The molecule has 2 aromatic carbocycles. The molecule has 1 N–H and O–H groups in total. The quantitative estimate of drug-likeness (QED) is 0.768. The van der Waals surface area contributed by atoms with Gasteiger partial charge in [-0.2, -0.15) is 0 Å². The molecule has 0 aliphatic rings. The van der Waals surface area contributed by atoms with Crippen LogP contribution in [0.2, 0.25) is 20.1 Å². The maximum absolute atomic E-state index is 6.10. The standard InChI is InChI=1S/C14H11Cl4N/c15-11-3-1-9(13(17)5-11)7-19-8-10-2-4-12(16)6-14(10)18/h1-6,19H,7-8H2. The zero-order valence-electron chi connectivity index (χ0n) is 9.89. The van der Waals surface area contributed by atoms with Gasteiger partial charge in [-0.3, -0.25) is 0 Å². The second kappa shape index (κ2) is 6.83. The smallest absolute Gasteiger partial charge is 0.0465 e. The molecule has 0 heterocycles. The van der Waals surface area contributed by atoms with Gasteiger partial charge >= 0.3 is 0 Å². The van der Waals surface area contributed by atoms with Crippen LogP contribution in [0.15, 0.2) is 36.4 Å². The first-order valence-corrected chi connectivity index (χ1v) is 7.16. The summed E-state index contributed by atoms with van der Waals surface area (Å²) >= 11 is 23.9. The number of hydrogen-bond acceptors (Lipinski definition) is 1. The minimum Gasteiger partial charge on any atom is -0.309 e. The summed E-state index contributed by atoms with van der Waals surface area (Å²) in [4.78, 5) is 0. The van der Waals surface area contributed by atoms with Crippen LogP contribution in [-0.4, -0.2) is 0 Å². The number of nitrogens with one attached hydrogen (secondary N) is 1. The van der Waals surface area contributed by atoms with Crippen molar-refractivity contribution in [1.82, 2.24) is 5.32 Å². The summed E-state index contributed by atoms with van der Waals surface area (Å²) in [7, 11) is 0. The molecule has 0 spiro atoms. The first kappa shape index (κ1) is 15.0.